The Morgan fingerprint density at radius 1 is 1.12 bits per heavy atom. The molecule has 0 aliphatic rings. The van der Waals surface area contributed by atoms with E-state index < -0.39 is 0 Å². The summed E-state index contributed by atoms with van der Waals surface area (Å²) in [4.78, 5) is 4.00. The number of aromatic nitrogens is 1. The van der Waals surface area contributed by atoms with Gasteiger partial charge in [-0.05, 0) is 29.8 Å². The molecule has 4 heteroatoms. The Labute approximate surface area is 92.7 Å². The minimum atomic E-state index is -0.363. The quantitative estimate of drug-likeness (QED) is 0.788. The van der Waals surface area contributed by atoms with Crippen molar-refractivity contribution in [1.82, 2.24) is 4.98 Å². The van der Waals surface area contributed by atoms with Crippen LogP contribution < -0.4 is 10.5 Å². The van der Waals surface area contributed by atoms with Gasteiger partial charge in [0.05, 0.1) is 13.3 Å². The summed E-state index contributed by atoms with van der Waals surface area (Å²) in [6.45, 7) is 0. The molecule has 0 unspecified atom stereocenters. The first-order valence-corrected chi connectivity index (χ1v) is 4.74. The van der Waals surface area contributed by atoms with Crippen molar-refractivity contribution in [3.63, 3.8) is 0 Å². The molecule has 2 aromatic rings. The molecule has 1 aromatic carbocycles. The number of anilines is 1. The number of nitrogen functional groups attached to an aromatic ring is 1. The number of nitrogens with two attached hydrogens (primary N) is 1. The molecule has 0 saturated heterocycles. The third-order valence-electron chi connectivity index (χ3n) is 2.20. The highest BCUT2D eigenvalue weighted by Gasteiger charge is 2.03. The average molecular weight is 218 g/mol. The van der Waals surface area contributed by atoms with Crippen LogP contribution in [0.25, 0.3) is 11.1 Å². The van der Waals surface area contributed by atoms with E-state index in [0.29, 0.717) is 17.0 Å². The van der Waals surface area contributed by atoms with Gasteiger partial charge in [0.15, 0.2) is 0 Å². The smallest absolute Gasteiger partial charge is 0.137 e. The summed E-state index contributed by atoms with van der Waals surface area (Å²) in [6.07, 6.45) is 3.23. The van der Waals surface area contributed by atoms with Gasteiger partial charge in [-0.2, -0.15) is 0 Å². The topological polar surface area (TPSA) is 48.1 Å². The minimum Gasteiger partial charge on any atom is -0.495 e. The third kappa shape index (κ3) is 2.11. The molecule has 1 aromatic heterocycles. The van der Waals surface area contributed by atoms with Crippen molar-refractivity contribution in [2.24, 2.45) is 0 Å². The van der Waals surface area contributed by atoms with Gasteiger partial charge in [0.1, 0.15) is 11.6 Å². The maximum absolute atomic E-state index is 13.2. The zero-order chi connectivity index (χ0) is 11.5. The van der Waals surface area contributed by atoms with E-state index in [-0.39, 0.29) is 5.82 Å². The number of nitrogens with zero attached hydrogens (tertiary/aromatic N) is 1. The van der Waals surface area contributed by atoms with Crippen molar-refractivity contribution >= 4 is 5.69 Å². The summed E-state index contributed by atoms with van der Waals surface area (Å²) in [5.41, 5.74) is 7.42. The molecule has 0 aliphatic heterocycles. The SMILES string of the molecule is COc1cncc(-c2cc(N)cc(F)c2)c1. The number of methoxy groups -OCH3 is 1. The van der Waals surface area contributed by atoms with Gasteiger partial charge in [-0.3, -0.25) is 4.98 Å². The van der Waals surface area contributed by atoms with Crippen LogP contribution in [-0.4, -0.2) is 12.1 Å². The normalized spacial score (nSPS) is 10.1. The molecule has 0 fully saturated rings. The molecule has 2 rings (SSSR count). The van der Waals surface area contributed by atoms with E-state index in [4.69, 9.17) is 10.5 Å². The third-order valence-corrected chi connectivity index (χ3v) is 2.20. The predicted octanol–water partition coefficient (Wildman–Crippen LogP) is 2.48. The summed E-state index contributed by atoms with van der Waals surface area (Å²) >= 11 is 0. The first-order valence-electron chi connectivity index (χ1n) is 4.74. The van der Waals surface area contributed by atoms with Crippen LogP contribution in [-0.2, 0) is 0 Å². The van der Waals surface area contributed by atoms with E-state index in [9.17, 15) is 4.39 Å². The Kier molecular flexibility index (Phi) is 2.72. The van der Waals surface area contributed by atoms with Crippen molar-refractivity contribution in [1.29, 1.82) is 0 Å². The fourth-order valence-corrected chi connectivity index (χ4v) is 1.47. The fraction of sp³-hybridized carbons (Fsp3) is 0.0833. The molecule has 3 nitrogen and oxygen atoms in total. The predicted molar refractivity (Wildman–Crippen MR) is 60.6 cm³/mol. The second-order valence-electron chi connectivity index (χ2n) is 3.39. The molecule has 0 amide bonds. The Hall–Kier alpha value is -2.10. The largest absolute Gasteiger partial charge is 0.495 e. The first-order chi connectivity index (χ1) is 7.69. The van der Waals surface area contributed by atoms with E-state index >= 15 is 0 Å². The van der Waals surface area contributed by atoms with Crippen molar-refractivity contribution < 1.29 is 9.13 Å². The van der Waals surface area contributed by atoms with Gasteiger partial charge in [0.2, 0.25) is 0 Å². The number of hydrogen-bond acceptors (Lipinski definition) is 3. The summed E-state index contributed by atoms with van der Waals surface area (Å²) in [5.74, 6) is 0.262. The van der Waals surface area contributed by atoms with Crippen LogP contribution in [0.4, 0.5) is 10.1 Å². The van der Waals surface area contributed by atoms with Crippen LogP contribution in [0.3, 0.4) is 0 Å². The zero-order valence-corrected chi connectivity index (χ0v) is 8.77. The summed E-state index contributed by atoms with van der Waals surface area (Å²) in [6, 6.07) is 6.16. The lowest BCUT2D eigenvalue weighted by atomic mass is 10.1. The van der Waals surface area contributed by atoms with E-state index in [1.807, 2.05) is 0 Å². The molecule has 0 radical (unpaired) electrons. The molecule has 0 atom stereocenters. The van der Waals surface area contributed by atoms with Gasteiger partial charge in [0.25, 0.3) is 0 Å². The van der Waals surface area contributed by atoms with E-state index in [2.05, 4.69) is 4.98 Å². The lowest BCUT2D eigenvalue weighted by Gasteiger charge is -2.05. The van der Waals surface area contributed by atoms with Crippen molar-refractivity contribution in [2.75, 3.05) is 12.8 Å². The number of benzene rings is 1. The van der Waals surface area contributed by atoms with Crippen LogP contribution in [0.15, 0.2) is 36.7 Å². The second kappa shape index (κ2) is 4.18. The Bertz CT molecular complexity index is 494. The minimum absolute atomic E-state index is 0.363. The average Bonchev–Trinajstić information content (AvgIpc) is 2.28. The monoisotopic (exact) mass is 218 g/mol. The first kappa shape index (κ1) is 10.4. The Balaban J connectivity index is 2.49. The zero-order valence-electron chi connectivity index (χ0n) is 8.77. The second-order valence-corrected chi connectivity index (χ2v) is 3.39. The van der Waals surface area contributed by atoms with E-state index in [1.165, 1.54) is 12.1 Å². The van der Waals surface area contributed by atoms with Crippen LogP contribution in [0.2, 0.25) is 0 Å². The molecular formula is C12H11FN2O. The van der Waals surface area contributed by atoms with Crippen LogP contribution >= 0.6 is 0 Å². The van der Waals surface area contributed by atoms with Crippen LogP contribution in [0.5, 0.6) is 5.75 Å². The van der Waals surface area contributed by atoms with E-state index in [0.717, 1.165) is 5.56 Å². The highest BCUT2D eigenvalue weighted by Crippen LogP contribution is 2.25. The van der Waals surface area contributed by atoms with Crippen molar-refractivity contribution in [2.45, 2.75) is 0 Å². The van der Waals surface area contributed by atoms with Crippen LogP contribution in [0, 0.1) is 5.82 Å². The molecule has 16 heavy (non-hydrogen) atoms. The summed E-state index contributed by atoms with van der Waals surface area (Å²) in [5, 5.41) is 0. The number of hydrogen-bond donors (Lipinski definition) is 1. The van der Waals surface area contributed by atoms with Gasteiger partial charge in [0, 0.05) is 17.4 Å². The van der Waals surface area contributed by atoms with Crippen LogP contribution in [0.1, 0.15) is 0 Å². The van der Waals surface area contributed by atoms with Gasteiger partial charge in [-0.15, -0.1) is 0 Å². The van der Waals surface area contributed by atoms with Gasteiger partial charge < -0.3 is 10.5 Å². The molecule has 0 saturated carbocycles. The molecular weight excluding hydrogens is 207 g/mol. The maximum Gasteiger partial charge on any atom is 0.137 e. The molecule has 0 aliphatic carbocycles. The van der Waals surface area contributed by atoms with Gasteiger partial charge in [-0.1, -0.05) is 0 Å². The van der Waals surface area contributed by atoms with E-state index in [1.54, 1.807) is 31.6 Å². The Morgan fingerprint density at radius 3 is 2.62 bits per heavy atom. The molecule has 0 spiro atoms. The fourth-order valence-electron chi connectivity index (χ4n) is 1.47. The lowest BCUT2D eigenvalue weighted by Crippen LogP contribution is -1.90. The number of pyridine rings is 1. The summed E-state index contributed by atoms with van der Waals surface area (Å²) < 4.78 is 18.2. The molecule has 2 N–H and O–H groups in total. The molecule has 0 bridgehead atoms. The number of halogens is 1. The van der Waals surface area contributed by atoms with Gasteiger partial charge in [-0.25, -0.2) is 4.39 Å². The number of ether oxygens (including phenoxy) is 1. The number of rotatable bonds is 2. The summed E-state index contributed by atoms with van der Waals surface area (Å²) in [7, 11) is 1.56. The lowest BCUT2D eigenvalue weighted by molar-refractivity contribution is 0.413. The van der Waals surface area contributed by atoms with Crippen molar-refractivity contribution in [3.05, 3.63) is 42.5 Å². The standard InChI is InChI=1S/C12H11FN2O/c1-16-12-4-9(6-15-7-12)8-2-10(13)5-11(14)3-8/h2-7H,14H2,1H3. The molecule has 1 heterocycles. The maximum atomic E-state index is 13.2. The highest BCUT2D eigenvalue weighted by atomic mass is 19.1. The van der Waals surface area contributed by atoms with Gasteiger partial charge >= 0.3 is 0 Å². The highest BCUT2D eigenvalue weighted by molar-refractivity contribution is 5.67. The molecule has 82 valence electrons. The van der Waals surface area contributed by atoms with Crippen molar-refractivity contribution in [3.8, 4) is 16.9 Å². The Morgan fingerprint density at radius 2 is 1.94 bits per heavy atom.